The van der Waals surface area contributed by atoms with Crippen molar-refractivity contribution in [3.8, 4) is 11.5 Å². The fourth-order valence-electron chi connectivity index (χ4n) is 4.00. The predicted octanol–water partition coefficient (Wildman–Crippen LogP) is 2.51. The molecule has 32 heavy (non-hydrogen) atoms. The zero-order chi connectivity index (χ0) is 22.7. The molecular formula is C23H26N4O5. The second kappa shape index (κ2) is 9.25. The Bertz CT molecular complexity index is 1140. The molecular weight excluding hydrogens is 412 g/mol. The third kappa shape index (κ3) is 4.37. The van der Waals surface area contributed by atoms with Crippen LogP contribution in [0, 0.1) is 5.92 Å². The fourth-order valence-corrected chi connectivity index (χ4v) is 4.00. The first kappa shape index (κ1) is 21.6. The van der Waals surface area contributed by atoms with E-state index in [9.17, 15) is 9.59 Å². The van der Waals surface area contributed by atoms with E-state index in [1.54, 1.807) is 31.9 Å². The molecule has 1 unspecified atom stereocenters. The summed E-state index contributed by atoms with van der Waals surface area (Å²) in [7, 11) is 3.21. The van der Waals surface area contributed by atoms with Crippen LogP contribution in [-0.4, -0.2) is 58.7 Å². The number of carbonyl (C=O) groups excluding carboxylic acids is 2. The normalized spacial score (nSPS) is 15.9. The second-order valence-electron chi connectivity index (χ2n) is 7.69. The molecule has 3 heterocycles. The fraction of sp³-hybridized carbons (Fsp3) is 0.391. The molecule has 1 saturated heterocycles. The van der Waals surface area contributed by atoms with Crippen molar-refractivity contribution >= 4 is 17.5 Å². The number of fused-ring (bicyclic) bond motifs is 1. The van der Waals surface area contributed by atoms with Gasteiger partial charge in [0, 0.05) is 43.0 Å². The first-order valence-electron chi connectivity index (χ1n) is 10.5. The van der Waals surface area contributed by atoms with E-state index in [-0.39, 0.29) is 18.4 Å². The van der Waals surface area contributed by atoms with Crippen molar-refractivity contribution in [2.45, 2.75) is 26.3 Å². The molecule has 0 N–H and O–H groups in total. The van der Waals surface area contributed by atoms with Crippen LogP contribution in [0.3, 0.4) is 0 Å². The lowest BCUT2D eigenvalue weighted by molar-refractivity contribution is -0.128. The summed E-state index contributed by atoms with van der Waals surface area (Å²) in [6.07, 6.45) is 4.32. The lowest BCUT2D eigenvalue weighted by Gasteiger charge is -2.19. The molecule has 9 heteroatoms. The Morgan fingerprint density at radius 1 is 1.22 bits per heavy atom. The maximum absolute atomic E-state index is 12.7. The predicted molar refractivity (Wildman–Crippen MR) is 116 cm³/mol. The highest BCUT2D eigenvalue weighted by Crippen LogP contribution is 2.29. The molecule has 4 rings (SSSR count). The molecule has 168 valence electrons. The van der Waals surface area contributed by atoms with Crippen LogP contribution in [0.25, 0.3) is 5.65 Å². The van der Waals surface area contributed by atoms with Crippen LogP contribution in [0.1, 0.15) is 35.0 Å². The molecule has 3 aromatic rings. The first-order chi connectivity index (χ1) is 15.5. The Morgan fingerprint density at radius 2 is 2.06 bits per heavy atom. The largest absolute Gasteiger partial charge is 0.497 e. The number of carbonyl (C=O) groups is 2. The van der Waals surface area contributed by atoms with Crippen molar-refractivity contribution in [1.82, 2.24) is 19.5 Å². The van der Waals surface area contributed by atoms with Gasteiger partial charge in [-0.3, -0.25) is 4.79 Å². The molecule has 1 aliphatic rings. The van der Waals surface area contributed by atoms with E-state index in [1.807, 2.05) is 29.2 Å². The molecule has 0 aliphatic carbocycles. The van der Waals surface area contributed by atoms with Gasteiger partial charge in [-0.05, 0) is 37.5 Å². The quantitative estimate of drug-likeness (QED) is 0.499. The van der Waals surface area contributed by atoms with E-state index in [4.69, 9.17) is 14.2 Å². The summed E-state index contributed by atoms with van der Waals surface area (Å²) in [5.41, 5.74) is 2.54. The zero-order valence-corrected chi connectivity index (χ0v) is 18.4. The monoisotopic (exact) mass is 438 g/mol. The third-order valence-corrected chi connectivity index (χ3v) is 5.57. The molecule has 0 saturated carbocycles. The van der Waals surface area contributed by atoms with Gasteiger partial charge < -0.3 is 19.1 Å². The number of likely N-dealkylation sites (tertiary alicyclic amines) is 1. The van der Waals surface area contributed by atoms with Crippen LogP contribution in [0.5, 0.6) is 11.5 Å². The van der Waals surface area contributed by atoms with E-state index in [0.29, 0.717) is 48.6 Å². The van der Waals surface area contributed by atoms with E-state index in [0.717, 1.165) is 11.3 Å². The van der Waals surface area contributed by atoms with E-state index < -0.39 is 5.97 Å². The molecule has 0 radical (unpaired) electrons. The van der Waals surface area contributed by atoms with Crippen molar-refractivity contribution < 1.29 is 23.8 Å². The van der Waals surface area contributed by atoms with Gasteiger partial charge in [0.15, 0.2) is 5.65 Å². The van der Waals surface area contributed by atoms with E-state index in [1.165, 1.54) is 6.20 Å². The van der Waals surface area contributed by atoms with Crippen molar-refractivity contribution in [2.24, 2.45) is 5.92 Å². The number of aromatic nitrogens is 3. The summed E-state index contributed by atoms with van der Waals surface area (Å²) in [4.78, 5) is 31.3. The average Bonchev–Trinajstić information content (AvgIpc) is 3.37. The molecule has 2 aromatic heterocycles. The van der Waals surface area contributed by atoms with Crippen molar-refractivity contribution in [3.05, 3.63) is 53.5 Å². The van der Waals surface area contributed by atoms with Crippen molar-refractivity contribution in [1.29, 1.82) is 0 Å². The average molecular weight is 438 g/mol. The number of benzene rings is 1. The maximum Gasteiger partial charge on any atom is 0.343 e. The lowest BCUT2D eigenvalue weighted by Crippen LogP contribution is -2.25. The van der Waals surface area contributed by atoms with Gasteiger partial charge in [-0.1, -0.05) is 0 Å². The number of esters is 1. The van der Waals surface area contributed by atoms with Gasteiger partial charge in [-0.15, -0.1) is 0 Å². The highest BCUT2D eigenvalue weighted by Gasteiger charge is 2.30. The molecule has 9 nitrogen and oxygen atoms in total. The summed E-state index contributed by atoms with van der Waals surface area (Å²) in [5.74, 6) is 1.20. The van der Waals surface area contributed by atoms with Crippen molar-refractivity contribution in [2.75, 3.05) is 27.4 Å². The summed E-state index contributed by atoms with van der Waals surface area (Å²) < 4.78 is 17.3. The van der Waals surface area contributed by atoms with Crippen LogP contribution < -0.4 is 9.47 Å². The third-order valence-electron chi connectivity index (χ3n) is 5.57. The van der Waals surface area contributed by atoms with Gasteiger partial charge in [0.25, 0.3) is 0 Å². The summed E-state index contributed by atoms with van der Waals surface area (Å²) in [6.45, 7) is 3.15. The number of rotatable bonds is 8. The van der Waals surface area contributed by atoms with E-state index >= 15 is 0 Å². The van der Waals surface area contributed by atoms with Crippen LogP contribution >= 0.6 is 0 Å². The summed E-state index contributed by atoms with van der Waals surface area (Å²) in [5, 5.41) is 4.16. The van der Waals surface area contributed by atoms with Crippen LogP contribution in [-0.2, 0) is 22.5 Å². The number of methoxy groups -OCH3 is 2. The molecule has 1 fully saturated rings. The highest BCUT2D eigenvalue weighted by atomic mass is 16.5. The Kier molecular flexibility index (Phi) is 6.25. The molecule has 1 aliphatic heterocycles. The number of hydrogen-bond acceptors (Lipinski definition) is 7. The Hall–Kier alpha value is -3.62. The number of ether oxygens (including phenoxy) is 3. The molecule has 1 amide bonds. The Labute approximate surface area is 185 Å². The van der Waals surface area contributed by atoms with Crippen LogP contribution in [0.15, 0.2) is 36.7 Å². The van der Waals surface area contributed by atoms with Crippen molar-refractivity contribution in [3.63, 3.8) is 0 Å². The molecule has 1 aromatic carbocycles. The molecule has 1 atom stereocenters. The summed E-state index contributed by atoms with van der Waals surface area (Å²) >= 11 is 0. The summed E-state index contributed by atoms with van der Waals surface area (Å²) in [6, 6.07) is 7.47. The second-order valence-corrected chi connectivity index (χ2v) is 7.69. The molecule has 0 spiro atoms. The number of amides is 1. The van der Waals surface area contributed by atoms with Gasteiger partial charge in [0.2, 0.25) is 5.91 Å². The number of nitrogens with zero attached hydrogens (tertiary/aromatic N) is 4. The Balaban J connectivity index is 1.46. The molecule has 0 bridgehead atoms. The first-order valence-corrected chi connectivity index (χ1v) is 10.5. The number of hydrogen-bond donors (Lipinski definition) is 0. The maximum atomic E-state index is 12.7. The topological polar surface area (TPSA) is 95.3 Å². The van der Waals surface area contributed by atoms with E-state index in [2.05, 4.69) is 10.1 Å². The zero-order valence-electron chi connectivity index (χ0n) is 18.4. The SMILES string of the molecule is CCOC(=O)c1cnn2ccc(CC3CC(=O)N(Cc4ccc(OC)cc4OC)C3)nc12. The minimum Gasteiger partial charge on any atom is -0.497 e. The minimum absolute atomic E-state index is 0.102. The minimum atomic E-state index is -0.442. The van der Waals surface area contributed by atoms with Gasteiger partial charge in [-0.2, -0.15) is 5.10 Å². The lowest BCUT2D eigenvalue weighted by atomic mass is 10.0. The van der Waals surface area contributed by atoms with Gasteiger partial charge >= 0.3 is 5.97 Å². The smallest absolute Gasteiger partial charge is 0.343 e. The van der Waals surface area contributed by atoms with Gasteiger partial charge in [0.1, 0.15) is 17.1 Å². The van der Waals surface area contributed by atoms with Crippen LogP contribution in [0.2, 0.25) is 0 Å². The van der Waals surface area contributed by atoms with Crippen LogP contribution in [0.4, 0.5) is 0 Å². The highest BCUT2D eigenvalue weighted by molar-refractivity contribution is 5.95. The van der Waals surface area contributed by atoms with Gasteiger partial charge in [-0.25, -0.2) is 14.3 Å². The standard InChI is InChI=1S/C23H26N4O5/c1-4-32-23(29)19-12-24-27-8-7-17(25-22(19)27)9-15-10-21(28)26(13-15)14-16-5-6-18(30-2)11-20(16)31-3/h5-8,11-12,15H,4,9-10,13-14H2,1-3H3. The Morgan fingerprint density at radius 3 is 2.81 bits per heavy atom. The van der Waals surface area contributed by atoms with Gasteiger partial charge in [0.05, 0.1) is 27.0 Å².